The molecule has 1 amide bonds. The van der Waals surface area contributed by atoms with Gasteiger partial charge in [0, 0.05) is 19.3 Å². The number of hydrogen-bond acceptors (Lipinski definition) is 2. The van der Waals surface area contributed by atoms with E-state index in [0.29, 0.717) is 13.1 Å². The molecule has 22 heavy (non-hydrogen) atoms. The van der Waals surface area contributed by atoms with Crippen LogP contribution in [0.4, 0.5) is 13.2 Å². The van der Waals surface area contributed by atoms with Crippen LogP contribution in [0.15, 0.2) is 42.6 Å². The quantitative estimate of drug-likeness (QED) is 0.810. The van der Waals surface area contributed by atoms with Crippen molar-refractivity contribution in [3.8, 4) is 0 Å². The summed E-state index contributed by atoms with van der Waals surface area (Å²) in [5, 5.41) is 0. The van der Waals surface area contributed by atoms with Gasteiger partial charge in [-0.1, -0.05) is 24.3 Å². The Morgan fingerprint density at radius 2 is 1.82 bits per heavy atom. The summed E-state index contributed by atoms with van der Waals surface area (Å²) < 4.78 is 37.4. The highest BCUT2D eigenvalue weighted by atomic mass is 19.4. The first kappa shape index (κ1) is 14.6. The fourth-order valence-corrected chi connectivity index (χ4v) is 2.54. The molecule has 0 aliphatic carbocycles. The van der Waals surface area contributed by atoms with Crippen molar-refractivity contribution in [3.63, 3.8) is 0 Å². The molecule has 6 heteroatoms. The number of aromatic nitrogens is 1. The summed E-state index contributed by atoms with van der Waals surface area (Å²) in [7, 11) is 0. The topological polar surface area (TPSA) is 33.2 Å². The molecule has 3 rings (SSSR count). The highest BCUT2D eigenvalue weighted by Crippen LogP contribution is 2.27. The third-order valence-corrected chi connectivity index (χ3v) is 3.72. The van der Waals surface area contributed by atoms with Gasteiger partial charge in [0.25, 0.3) is 5.91 Å². The molecule has 1 aliphatic heterocycles. The summed E-state index contributed by atoms with van der Waals surface area (Å²) in [5.41, 5.74) is 1.46. The maximum atomic E-state index is 12.5. The number of hydrogen-bond donors (Lipinski definition) is 0. The number of carbonyl (C=O) groups excluding carboxylic acids is 1. The van der Waals surface area contributed by atoms with E-state index in [-0.39, 0.29) is 11.5 Å². The lowest BCUT2D eigenvalue weighted by Gasteiger charge is -2.28. The van der Waals surface area contributed by atoms with Crippen LogP contribution in [0.1, 0.15) is 27.2 Å². The summed E-state index contributed by atoms with van der Waals surface area (Å²) >= 11 is 0. The second-order valence-electron chi connectivity index (χ2n) is 5.18. The Kier molecular flexibility index (Phi) is 3.60. The average molecular weight is 306 g/mol. The molecule has 0 spiro atoms. The summed E-state index contributed by atoms with van der Waals surface area (Å²) in [5.74, 6) is -0.296. The average Bonchev–Trinajstić information content (AvgIpc) is 2.53. The van der Waals surface area contributed by atoms with Crippen LogP contribution in [0.2, 0.25) is 0 Å². The lowest BCUT2D eigenvalue weighted by molar-refractivity contribution is -0.141. The predicted molar refractivity (Wildman–Crippen MR) is 74.1 cm³/mol. The van der Waals surface area contributed by atoms with E-state index >= 15 is 0 Å². The maximum absolute atomic E-state index is 12.5. The molecule has 0 N–H and O–H groups in total. The standard InChI is InChI=1S/C16H13F3N2O/c17-16(18,19)14-6-5-12(9-20-14)15(22)21-8-7-11-3-1-2-4-13(11)10-21/h1-6,9H,7-8,10H2. The van der Waals surface area contributed by atoms with Gasteiger partial charge < -0.3 is 4.90 Å². The van der Waals surface area contributed by atoms with Crippen molar-refractivity contribution in [3.05, 3.63) is 65.0 Å². The lowest BCUT2D eigenvalue weighted by atomic mass is 9.99. The van der Waals surface area contributed by atoms with E-state index in [1.807, 2.05) is 24.3 Å². The monoisotopic (exact) mass is 306 g/mol. The van der Waals surface area contributed by atoms with Gasteiger partial charge >= 0.3 is 6.18 Å². The maximum Gasteiger partial charge on any atom is 0.433 e. The van der Waals surface area contributed by atoms with Gasteiger partial charge in [-0.15, -0.1) is 0 Å². The second-order valence-corrected chi connectivity index (χ2v) is 5.18. The van der Waals surface area contributed by atoms with E-state index in [1.165, 1.54) is 11.6 Å². The van der Waals surface area contributed by atoms with Gasteiger partial charge in [-0.05, 0) is 29.7 Å². The van der Waals surface area contributed by atoms with Crippen LogP contribution in [0.3, 0.4) is 0 Å². The predicted octanol–water partition coefficient (Wildman–Crippen LogP) is 3.30. The molecule has 2 aromatic rings. The number of pyridine rings is 1. The highest BCUT2D eigenvalue weighted by molar-refractivity contribution is 5.94. The van der Waals surface area contributed by atoms with Crippen molar-refractivity contribution in [2.24, 2.45) is 0 Å². The van der Waals surface area contributed by atoms with Crippen LogP contribution in [-0.4, -0.2) is 22.3 Å². The number of fused-ring (bicyclic) bond motifs is 1. The molecular formula is C16H13F3N2O. The van der Waals surface area contributed by atoms with Crippen LogP contribution in [0.25, 0.3) is 0 Å². The Morgan fingerprint density at radius 1 is 1.09 bits per heavy atom. The molecule has 0 unspecified atom stereocenters. The Morgan fingerprint density at radius 3 is 2.45 bits per heavy atom. The van der Waals surface area contributed by atoms with E-state index in [0.717, 1.165) is 24.2 Å². The number of nitrogens with zero attached hydrogens (tertiary/aromatic N) is 2. The lowest BCUT2D eigenvalue weighted by Crippen LogP contribution is -2.36. The van der Waals surface area contributed by atoms with Crippen molar-refractivity contribution in [2.75, 3.05) is 6.54 Å². The first-order valence-corrected chi connectivity index (χ1v) is 6.84. The molecule has 3 nitrogen and oxygen atoms in total. The fraction of sp³-hybridized carbons (Fsp3) is 0.250. The van der Waals surface area contributed by atoms with Crippen molar-refractivity contribution in [1.29, 1.82) is 0 Å². The SMILES string of the molecule is O=C(c1ccc(C(F)(F)F)nc1)N1CCc2ccccc2C1. The fourth-order valence-electron chi connectivity index (χ4n) is 2.54. The highest BCUT2D eigenvalue weighted by Gasteiger charge is 2.32. The van der Waals surface area contributed by atoms with Crippen molar-refractivity contribution in [1.82, 2.24) is 9.88 Å². The molecule has 1 aromatic carbocycles. The van der Waals surface area contributed by atoms with Crippen LogP contribution in [0, 0.1) is 0 Å². The molecule has 0 fully saturated rings. The number of halogens is 3. The number of benzene rings is 1. The largest absolute Gasteiger partial charge is 0.433 e. The van der Waals surface area contributed by atoms with E-state index < -0.39 is 11.9 Å². The zero-order valence-electron chi connectivity index (χ0n) is 11.6. The van der Waals surface area contributed by atoms with Gasteiger partial charge in [0.15, 0.2) is 0 Å². The second kappa shape index (κ2) is 5.44. The van der Waals surface area contributed by atoms with E-state index in [9.17, 15) is 18.0 Å². The Balaban J connectivity index is 1.78. The van der Waals surface area contributed by atoms with Crippen LogP contribution >= 0.6 is 0 Å². The molecule has 0 bridgehead atoms. The third-order valence-electron chi connectivity index (χ3n) is 3.72. The van der Waals surface area contributed by atoms with Crippen molar-refractivity contribution in [2.45, 2.75) is 19.1 Å². The van der Waals surface area contributed by atoms with Gasteiger partial charge in [-0.3, -0.25) is 9.78 Å². The Hall–Kier alpha value is -2.37. The van der Waals surface area contributed by atoms with Gasteiger partial charge in [0.1, 0.15) is 5.69 Å². The smallest absolute Gasteiger partial charge is 0.334 e. The minimum absolute atomic E-state index is 0.174. The molecule has 0 saturated heterocycles. The molecule has 0 atom stereocenters. The van der Waals surface area contributed by atoms with E-state index in [1.54, 1.807) is 4.90 Å². The minimum Gasteiger partial charge on any atom is -0.334 e. The van der Waals surface area contributed by atoms with Crippen LogP contribution in [0.5, 0.6) is 0 Å². The summed E-state index contributed by atoms with van der Waals surface area (Å²) in [4.78, 5) is 17.3. The molecule has 114 valence electrons. The van der Waals surface area contributed by atoms with E-state index in [4.69, 9.17) is 0 Å². The number of alkyl halides is 3. The molecule has 0 radical (unpaired) electrons. The van der Waals surface area contributed by atoms with Gasteiger partial charge in [0.2, 0.25) is 0 Å². The number of rotatable bonds is 1. The van der Waals surface area contributed by atoms with Crippen LogP contribution < -0.4 is 0 Å². The Bertz CT molecular complexity index is 695. The molecule has 2 heterocycles. The first-order valence-electron chi connectivity index (χ1n) is 6.84. The van der Waals surface area contributed by atoms with Gasteiger partial charge in [-0.25, -0.2) is 0 Å². The number of carbonyl (C=O) groups is 1. The summed E-state index contributed by atoms with van der Waals surface area (Å²) in [6.07, 6.45) is -2.76. The van der Waals surface area contributed by atoms with Crippen LogP contribution in [-0.2, 0) is 19.1 Å². The zero-order chi connectivity index (χ0) is 15.7. The summed E-state index contributed by atoms with van der Waals surface area (Å²) in [6.45, 7) is 1.02. The molecule has 1 aliphatic rings. The van der Waals surface area contributed by atoms with Gasteiger partial charge in [-0.2, -0.15) is 13.2 Å². The normalized spacial score (nSPS) is 14.6. The summed E-state index contributed by atoms with van der Waals surface area (Å²) in [6, 6.07) is 9.86. The van der Waals surface area contributed by atoms with Gasteiger partial charge in [0.05, 0.1) is 5.56 Å². The van der Waals surface area contributed by atoms with E-state index in [2.05, 4.69) is 4.98 Å². The van der Waals surface area contributed by atoms with Crippen molar-refractivity contribution >= 4 is 5.91 Å². The molecular weight excluding hydrogens is 293 g/mol. The van der Waals surface area contributed by atoms with Crippen molar-refractivity contribution < 1.29 is 18.0 Å². The minimum atomic E-state index is -4.49. The Labute approximate surface area is 125 Å². The third kappa shape index (κ3) is 2.81. The number of amides is 1. The molecule has 1 aromatic heterocycles. The first-order chi connectivity index (χ1) is 10.4. The zero-order valence-corrected chi connectivity index (χ0v) is 11.6. The molecule has 0 saturated carbocycles.